The predicted octanol–water partition coefficient (Wildman–Crippen LogP) is 1.22. The lowest BCUT2D eigenvalue weighted by Gasteiger charge is -2.42. The van der Waals surface area contributed by atoms with Crippen LogP contribution in [0.2, 0.25) is 26.2 Å². The number of benzene rings is 2. The summed E-state index contributed by atoms with van der Waals surface area (Å²) in [5.74, 6) is -1.01. The van der Waals surface area contributed by atoms with Crippen LogP contribution in [-0.2, 0) is 9.47 Å². The zero-order chi connectivity index (χ0) is 19.3. The normalized spacial score (nSPS) is 16.2. The highest BCUT2D eigenvalue weighted by molar-refractivity contribution is 7.16. The monoisotopic (exact) mass is 384 g/mol. The molecule has 0 aromatic heterocycles. The van der Waals surface area contributed by atoms with Crippen molar-refractivity contribution in [3.8, 4) is 0 Å². The van der Waals surface area contributed by atoms with Crippen molar-refractivity contribution < 1.29 is 19.1 Å². The quantitative estimate of drug-likeness (QED) is 0.577. The maximum Gasteiger partial charge on any atom is 0.338 e. The second kappa shape index (κ2) is 6.21. The minimum atomic E-state index is -2.00. The van der Waals surface area contributed by atoms with E-state index in [9.17, 15) is 9.59 Å². The molecule has 0 atom stereocenters. The van der Waals surface area contributed by atoms with Crippen molar-refractivity contribution in [1.29, 1.82) is 0 Å². The Morgan fingerprint density at radius 3 is 1.35 bits per heavy atom. The highest BCUT2D eigenvalue weighted by atomic mass is 28.3. The van der Waals surface area contributed by atoms with Crippen molar-refractivity contribution in [1.82, 2.24) is 0 Å². The summed E-state index contributed by atoms with van der Waals surface area (Å²) in [4.78, 5) is 24.7. The second-order valence-corrected chi connectivity index (χ2v) is 16.4. The first-order valence-electron chi connectivity index (χ1n) is 8.62. The lowest BCUT2D eigenvalue weighted by atomic mass is 10.1. The highest BCUT2D eigenvalue weighted by Gasteiger charge is 2.45. The van der Waals surface area contributed by atoms with Crippen molar-refractivity contribution in [3.05, 3.63) is 47.5 Å². The molecule has 0 amide bonds. The van der Waals surface area contributed by atoms with Crippen LogP contribution in [0, 0.1) is 0 Å². The van der Waals surface area contributed by atoms with E-state index in [0.29, 0.717) is 11.1 Å². The maximum atomic E-state index is 12.4. The fourth-order valence-corrected chi connectivity index (χ4v) is 13.4. The van der Waals surface area contributed by atoms with E-state index in [1.807, 2.05) is 12.1 Å². The van der Waals surface area contributed by atoms with Crippen molar-refractivity contribution >= 4 is 48.8 Å². The van der Waals surface area contributed by atoms with E-state index in [0.717, 1.165) is 0 Å². The van der Waals surface area contributed by atoms with Crippen molar-refractivity contribution in [2.75, 3.05) is 14.2 Å². The molecule has 0 saturated carbocycles. The Hall–Kier alpha value is -2.19. The van der Waals surface area contributed by atoms with Crippen LogP contribution in [0.4, 0.5) is 0 Å². The van der Waals surface area contributed by atoms with Gasteiger partial charge in [0.1, 0.15) is 16.1 Å². The Balaban J connectivity index is 2.39. The van der Waals surface area contributed by atoms with Gasteiger partial charge in [-0.3, -0.25) is 0 Å². The average molecular weight is 385 g/mol. The Labute approximate surface area is 156 Å². The van der Waals surface area contributed by atoms with Crippen molar-refractivity contribution in [2.24, 2.45) is 0 Å². The molecule has 0 bridgehead atoms. The van der Waals surface area contributed by atoms with Gasteiger partial charge < -0.3 is 9.47 Å². The fraction of sp³-hybridized carbons (Fsp3) is 0.300. The van der Waals surface area contributed by atoms with Crippen LogP contribution in [0.3, 0.4) is 0 Å². The van der Waals surface area contributed by atoms with E-state index >= 15 is 0 Å². The molecule has 26 heavy (non-hydrogen) atoms. The third kappa shape index (κ3) is 2.56. The molecule has 2 aromatic rings. The summed E-state index contributed by atoms with van der Waals surface area (Å²) in [7, 11) is -1.34. The number of carbonyl (C=O) groups is 2. The van der Waals surface area contributed by atoms with Gasteiger partial charge in [0.25, 0.3) is 0 Å². The standard InChI is InChI=1S/C20H24O4Si2/c1-23-19(21)13-11-17-18(12-14(13)20(22)24-2)26(5,6)16-10-8-7-9-15(16)25(17,3)4/h7-12H,1-6H3. The van der Waals surface area contributed by atoms with Crippen LogP contribution < -0.4 is 20.7 Å². The molecule has 0 radical (unpaired) electrons. The van der Waals surface area contributed by atoms with Gasteiger partial charge in [-0.25, -0.2) is 9.59 Å². The van der Waals surface area contributed by atoms with Gasteiger partial charge in [0.05, 0.1) is 25.3 Å². The van der Waals surface area contributed by atoms with E-state index < -0.39 is 28.1 Å². The summed E-state index contributed by atoms with van der Waals surface area (Å²) < 4.78 is 9.86. The summed E-state index contributed by atoms with van der Waals surface area (Å²) >= 11 is 0. The summed E-state index contributed by atoms with van der Waals surface area (Å²) in [6.45, 7) is 9.20. The Morgan fingerprint density at radius 1 is 0.692 bits per heavy atom. The molecule has 2 aromatic carbocycles. The van der Waals surface area contributed by atoms with Gasteiger partial charge in [-0.2, -0.15) is 0 Å². The Kier molecular flexibility index (Phi) is 4.44. The van der Waals surface area contributed by atoms with Gasteiger partial charge in [0.15, 0.2) is 0 Å². The van der Waals surface area contributed by atoms with Gasteiger partial charge in [-0.1, -0.05) is 71.2 Å². The molecule has 0 spiro atoms. The number of esters is 2. The van der Waals surface area contributed by atoms with Crippen LogP contribution in [-0.4, -0.2) is 42.3 Å². The molecule has 1 heterocycles. The number of fused-ring (bicyclic) bond motifs is 2. The van der Waals surface area contributed by atoms with Gasteiger partial charge >= 0.3 is 11.9 Å². The highest BCUT2D eigenvalue weighted by Crippen LogP contribution is 2.19. The molecular weight excluding hydrogens is 360 g/mol. The average Bonchev–Trinajstić information content (AvgIpc) is 2.64. The van der Waals surface area contributed by atoms with Crippen LogP contribution in [0.15, 0.2) is 36.4 Å². The molecule has 1 aliphatic rings. The molecule has 136 valence electrons. The van der Waals surface area contributed by atoms with Crippen LogP contribution in [0.1, 0.15) is 20.7 Å². The molecule has 0 unspecified atom stereocenters. The van der Waals surface area contributed by atoms with Crippen molar-refractivity contribution in [2.45, 2.75) is 26.2 Å². The van der Waals surface area contributed by atoms with Crippen LogP contribution in [0.5, 0.6) is 0 Å². The van der Waals surface area contributed by atoms with E-state index in [2.05, 4.69) is 50.5 Å². The Morgan fingerprint density at radius 2 is 1.04 bits per heavy atom. The zero-order valence-electron chi connectivity index (χ0n) is 16.1. The van der Waals surface area contributed by atoms with Gasteiger partial charge in [0, 0.05) is 0 Å². The first kappa shape index (κ1) is 18.6. The smallest absolute Gasteiger partial charge is 0.338 e. The number of ether oxygens (including phenoxy) is 2. The first-order valence-corrected chi connectivity index (χ1v) is 14.6. The van der Waals surface area contributed by atoms with E-state index in [-0.39, 0.29) is 0 Å². The molecule has 1 aliphatic heterocycles. The van der Waals surface area contributed by atoms with Crippen LogP contribution >= 0.6 is 0 Å². The lowest BCUT2D eigenvalue weighted by molar-refractivity contribution is 0.0555. The molecule has 6 heteroatoms. The minimum absolute atomic E-state index is 0.294. The molecule has 0 N–H and O–H groups in total. The second-order valence-electron chi connectivity index (χ2n) is 7.72. The number of carbonyl (C=O) groups excluding carboxylic acids is 2. The predicted molar refractivity (Wildman–Crippen MR) is 109 cm³/mol. The van der Waals surface area contributed by atoms with Crippen LogP contribution in [0.25, 0.3) is 0 Å². The first-order chi connectivity index (χ1) is 12.2. The number of rotatable bonds is 2. The largest absolute Gasteiger partial charge is 0.465 e. The minimum Gasteiger partial charge on any atom is -0.465 e. The van der Waals surface area contributed by atoms with E-state index in [1.54, 1.807) is 0 Å². The summed E-state index contributed by atoms with van der Waals surface area (Å²) in [5, 5.41) is 5.29. The topological polar surface area (TPSA) is 52.6 Å². The van der Waals surface area contributed by atoms with Gasteiger partial charge in [-0.15, -0.1) is 0 Å². The zero-order valence-corrected chi connectivity index (χ0v) is 18.1. The molecule has 3 rings (SSSR count). The van der Waals surface area contributed by atoms with E-state index in [4.69, 9.17) is 9.47 Å². The summed E-state index contributed by atoms with van der Waals surface area (Å²) in [5.41, 5.74) is 0.589. The summed E-state index contributed by atoms with van der Waals surface area (Å²) in [6.07, 6.45) is 0. The third-order valence-electron chi connectivity index (χ3n) is 5.59. The third-order valence-corrected chi connectivity index (χ3v) is 13.2. The Bertz CT molecular complexity index is 842. The molecule has 0 fully saturated rings. The molecular formula is C20H24O4Si2. The van der Waals surface area contributed by atoms with Gasteiger partial charge in [0.2, 0.25) is 0 Å². The number of hydrogen-bond acceptors (Lipinski definition) is 4. The molecule has 0 saturated heterocycles. The fourth-order valence-electron chi connectivity index (χ4n) is 4.05. The van der Waals surface area contributed by atoms with E-state index in [1.165, 1.54) is 35.0 Å². The van der Waals surface area contributed by atoms with Crippen molar-refractivity contribution in [3.63, 3.8) is 0 Å². The summed E-state index contributed by atoms with van der Waals surface area (Å²) in [6, 6.07) is 12.4. The van der Waals surface area contributed by atoms with Gasteiger partial charge in [-0.05, 0) is 12.1 Å². The number of hydrogen-bond donors (Lipinski definition) is 0. The molecule has 4 nitrogen and oxygen atoms in total. The number of methoxy groups -OCH3 is 2. The lowest BCUT2D eigenvalue weighted by Crippen LogP contribution is -2.78. The molecule has 0 aliphatic carbocycles. The SMILES string of the molecule is COC(=O)c1cc2c(cc1C(=O)OC)[Si](C)(C)c1ccccc1[Si]2(C)C. The maximum absolute atomic E-state index is 12.4.